The summed E-state index contributed by atoms with van der Waals surface area (Å²) < 4.78 is 31.9. The van der Waals surface area contributed by atoms with Gasteiger partial charge in [-0.05, 0) is 25.5 Å². The first-order chi connectivity index (χ1) is 10.8. The normalized spacial score (nSPS) is 23.1. The van der Waals surface area contributed by atoms with E-state index in [1.165, 1.54) is 4.31 Å². The Morgan fingerprint density at radius 1 is 1.26 bits per heavy atom. The summed E-state index contributed by atoms with van der Waals surface area (Å²) in [6.07, 6.45) is -0.154. The number of nitrogens with one attached hydrogen (secondary N) is 1. The summed E-state index contributed by atoms with van der Waals surface area (Å²) in [5.41, 5.74) is 0.852. The third kappa shape index (κ3) is 5.31. The molecule has 2 atom stereocenters. The lowest BCUT2D eigenvalue weighted by Crippen LogP contribution is -2.49. The average Bonchev–Trinajstić information content (AvgIpc) is 2.47. The smallest absolute Gasteiger partial charge is 0.215 e. The second kappa shape index (κ2) is 8.14. The average molecular weight is 381 g/mol. The highest BCUT2D eigenvalue weighted by Gasteiger charge is 2.30. The van der Waals surface area contributed by atoms with Crippen LogP contribution in [0.4, 0.5) is 0 Å². The lowest BCUT2D eigenvalue weighted by molar-refractivity contribution is -0.0440. The summed E-state index contributed by atoms with van der Waals surface area (Å²) in [5, 5.41) is 4.10. The molecule has 1 aliphatic rings. The van der Waals surface area contributed by atoms with E-state index < -0.39 is 10.0 Å². The van der Waals surface area contributed by atoms with Gasteiger partial charge in [-0.1, -0.05) is 35.3 Å². The van der Waals surface area contributed by atoms with Crippen LogP contribution < -0.4 is 5.32 Å². The molecule has 2 rings (SSSR count). The second-order valence-corrected chi connectivity index (χ2v) is 8.65. The third-order valence-corrected chi connectivity index (χ3v) is 6.33. The van der Waals surface area contributed by atoms with Crippen LogP contribution in [0.15, 0.2) is 18.2 Å². The molecule has 0 bridgehead atoms. The van der Waals surface area contributed by atoms with Crippen molar-refractivity contribution < 1.29 is 13.2 Å². The molecule has 23 heavy (non-hydrogen) atoms. The molecule has 0 saturated carbocycles. The van der Waals surface area contributed by atoms with Crippen LogP contribution in [0, 0.1) is 0 Å². The molecule has 1 fully saturated rings. The van der Waals surface area contributed by atoms with Gasteiger partial charge in [0.2, 0.25) is 10.0 Å². The molecule has 0 aromatic heterocycles. The Balaban J connectivity index is 1.84. The Morgan fingerprint density at radius 2 is 1.91 bits per heavy atom. The fraction of sp³-hybridized carbons (Fsp3) is 0.600. The number of halogens is 2. The molecule has 1 heterocycles. The zero-order valence-corrected chi connectivity index (χ0v) is 15.6. The molecule has 1 aliphatic heterocycles. The van der Waals surface area contributed by atoms with Gasteiger partial charge in [-0.25, -0.2) is 8.42 Å². The summed E-state index contributed by atoms with van der Waals surface area (Å²) in [4.78, 5) is 0. The largest absolute Gasteiger partial charge is 0.373 e. The SMILES string of the molecule is C[C@@H]1CN(S(=O)(=O)CCNCc2cccc(Cl)c2Cl)C[C@@H](C)O1. The highest BCUT2D eigenvalue weighted by Crippen LogP contribution is 2.25. The Bertz CT molecular complexity index is 630. The van der Waals surface area contributed by atoms with Crippen molar-refractivity contribution in [2.24, 2.45) is 0 Å². The third-order valence-electron chi connectivity index (χ3n) is 3.66. The maximum absolute atomic E-state index is 12.4. The summed E-state index contributed by atoms with van der Waals surface area (Å²) in [7, 11) is -3.29. The molecule has 0 unspecified atom stereocenters. The minimum absolute atomic E-state index is 0.0463. The molecule has 0 amide bonds. The maximum Gasteiger partial charge on any atom is 0.215 e. The fourth-order valence-corrected chi connectivity index (χ4v) is 4.52. The Labute approximate surface area is 148 Å². The number of morpholine rings is 1. The summed E-state index contributed by atoms with van der Waals surface area (Å²) in [5.74, 6) is 0.0463. The van der Waals surface area contributed by atoms with Crippen LogP contribution in [0.3, 0.4) is 0 Å². The van der Waals surface area contributed by atoms with Gasteiger partial charge in [-0.3, -0.25) is 0 Å². The molecule has 5 nitrogen and oxygen atoms in total. The van der Waals surface area contributed by atoms with E-state index in [4.69, 9.17) is 27.9 Å². The molecular formula is C15H22Cl2N2O3S. The number of sulfonamides is 1. The molecule has 1 saturated heterocycles. The zero-order chi connectivity index (χ0) is 17.0. The van der Waals surface area contributed by atoms with Crippen molar-refractivity contribution in [1.29, 1.82) is 0 Å². The van der Waals surface area contributed by atoms with Crippen LogP contribution in [0.2, 0.25) is 10.0 Å². The molecule has 130 valence electrons. The predicted octanol–water partition coefficient (Wildman–Crippen LogP) is 2.52. The predicted molar refractivity (Wildman–Crippen MR) is 93.5 cm³/mol. The van der Waals surface area contributed by atoms with Crippen LogP contribution >= 0.6 is 23.2 Å². The molecular weight excluding hydrogens is 359 g/mol. The molecule has 1 N–H and O–H groups in total. The van der Waals surface area contributed by atoms with E-state index in [1.54, 1.807) is 6.07 Å². The van der Waals surface area contributed by atoms with E-state index in [2.05, 4.69) is 5.32 Å². The van der Waals surface area contributed by atoms with E-state index in [0.29, 0.717) is 36.2 Å². The number of hydrogen-bond donors (Lipinski definition) is 1. The van der Waals surface area contributed by atoms with Gasteiger partial charge in [0, 0.05) is 26.2 Å². The molecule has 1 aromatic carbocycles. The zero-order valence-electron chi connectivity index (χ0n) is 13.3. The molecule has 0 radical (unpaired) electrons. The van der Waals surface area contributed by atoms with Gasteiger partial charge in [0.25, 0.3) is 0 Å². The van der Waals surface area contributed by atoms with E-state index in [0.717, 1.165) is 5.56 Å². The van der Waals surface area contributed by atoms with Crippen molar-refractivity contribution in [1.82, 2.24) is 9.62 Å². The Kier molecular flexibility index (Phi) is 6.71. The monoisotopic (exact) mass is 380 g/mol. The quantitative estimate of drug-likeness (QED) is 0.770. The summed E-state index contributed by atoms with van der Waals surface area (Å²) >= 11 is 12.1. The first-order valence-electron chi connectivity index (χ1n) is 7.56. The van der Waals surface area contributed by atoms with Gasteiger partial charge >= 0.3 is 0 Å². The minimum atomic E-state index is -3.29. The topological polar surface area (TPSA) is 58.6 Å². The number of hydrogen-bond acceptors (Lipinski definition) is 4. The van der Waals surface area contributed by atoms with E-state index >= 15 is 0 Å². The van der Waals surface area contributed by atoms with Gasteiger partial charge in [-0.2, -0.15) is 4.31 Å². The standard InChI is InChI=1S/C15H22Cl2N2O3S/c1-11-9-19(10-12(2)22-11)23(20,21)7-6-18-8-13-4-3-5-14(16)15(13)17/h3-5,11-12,18H,6-10H2,1-2H3/t11-,12-/m1/s1. The summed E-state index contributed by atoms with van der Waals surface area (Å²) in [6.45, 7) is 5.42. The first kappa shape index (κ1) is 19.0. The number of nitrogens with zero attached hydrogens (tertiary/aromatic N) is 1. The molecule has 8 heteroatoms. The van der Waals surface area contributed by atoms with Crippen LogP contribution in [-0.2, 0) is 21.3 Å². The fourth-order valence-electron chi connectivity index (χ4n) is 2.60. The van der Waals surface area contributed by atoms with Crippen molar-refractivity contribution >= 4 is 33.2 Å². The Morgan fingerprint density at radius 3 is 2.57 bits per heavy atom. The number of rotatable bonds is 6. The summed E-state index contributed by atoms with van der Waals surface area (Å²) in [6, 6.07) is 5.40. The van der Waals surface area contributed by atoms with Gasteiger partial charge in [0.05, 0.1) is 28.0 Å². The van der Waals surface area contributed by atoms with Crippen LogP contribution in [0.1, 0.15) is 19.4 Å². The van der Waals surface area contributed by atoms with Crippen LogP contribution in [0.25, 0.3) is 0 Å². The maximum atomic E-state index is 12.4. The lowest BCUT2D eigenvalue weighted by Gasteiger charge is -2.34. The van der Waals surface area contributed by atoms with Gasteiger partial charge in [0.15, 0.2) is 0 Å². The molecule has 1 aromatic rings. The van der Waals surface area contributed by atoms with E-state index in [-0.39, 0.29) is 18.0 Å². The first-order valence-corrected chi connectivity index (χ1v) is 9.93. The minimum Gasteiger partial charge on any atom is -0.373 e. The van der Waals surface area contributed by atoms with E-state index in [9.17, 15) is 8.42 Å². The lowest BCUT2D eigenvalue weighted by atomic mass is 10.2. The molecule has 0 spiro atoms. The van der Waals surface area contributed by atoms with E-state index in [1.807, 2.05) is 26.0 Å². The van der Waals surface area contributed by atoms with Crippen molar-refractivity contribution in [2.75, 3.05) is 25.4 Å². The van der Waals surface area contributed by atoms with Crippen LogP contribution in [0.5, 0.6) is 0 Å². The molecule has 0 aliphatic carbocycles. The second-order valence-electron chi connectivity index (χ2n) is 5.78. The van der Waals surface area contributed by atoms with Gasteiger partial charge < -0.3 is 10.1 Å². The van der Waals surface area contributed by atoms with Crippen molar-refractivity contribution in [3.63, 3.8) is 0 Å². The van der Waals surface area contributed by atoms with Crippen molar-refractivity contribution in [3.8, 4) is 0 Å². The highest BCUT2D eigenvalue weighted by atomic mass is 35.5. The Hall–Kier alpha value is -0.370. The number of benzene rings is 1. The number of ether oxygens (including phenoxy) is 1. The van der Waals surface area contributed by atoms with Gasteiger partial charge in [0.1, 0.15) is 0 Å². The highest BCUT2D eigenvalue weighted by molar-refractivity contribution is 7.89. The van der Waals surface area contributed by atoms with Crippen LogP contribution in [-0.4, -0.2) is 50.3 Å². The van der Waals surface area contributed by atoms with Gasteiger partial charge in [-0.15, -0.1) is 0 Å². The van der Waals surface area contributed by atoms with Crippen molar-refractivity contribution in [2.45, 2.75) is 32.6 Å². The van der Waals surface area contributed by atoms with Crippen molar-refractivity contribution in [3.05, 3.63) is 33.8 Å².